The molecule has 0 saturated heterocycles. The first-order chi connectivity index (χ1) is 15.1. The molecule has 1 aromatic heterocycles. The predicted octanol–water partition coefficient (Wildman–Crippen LogP) is 3.73. The number of rotatable bonds is 5. The second kappa shape index (κ2) is 8.84. The van der Waals surface area contributed by atoms with Gasteiger partial charge in [0, 0.05) is 23.3 Å². The highest BCUT2D eigenvalue weighted by molar-refractivity contribution is 7.93. The van der Waals surface area contributed by atoms with Crippen LogP contribution < -0.4 is 5.32 Å². The van der Waals surface area contributed by atoms with Crippen molar-refractivity contribution >= 4 is 43.3 Å². The summed E-state index contributed by atoms with van der Waals surface area (Å²) in [7, 11) is -3.38. The van der Waals surface area contributed by atoms with E-state index < -0.39 is 63.0 Å². The van der Waals surface area contributed by atoms with Crippen molar-refractivity contribution in [2.45, 2.75) is 57.0 Å². The van der Waals surface area contributed by atoms with Gasteiger partial charge < -0.3 is 15.2 Å². The van der Waals surface area contributed by atoms with Gasteiger partial charge in [-0.1, -0.05) is 18.2 Å². The van der Waals surface area contributed by atoms with Crippen LogP contribution in [0.25, 0.3) is 10.1 Å². The number of nitrogens with zero attached hydrogens (tertiary/aromatic N) is 2. The summed E-state index contributed by atoms with van der Waals surface area (Å²) in [5.41, 5.74) is -4.72. The molecule has 0 fully saturated rings. The predicted molar refractivity (Wildman–Crippen MR) is 117 cm³/mol. The average molecular weight is 508 g/mol. The highest BCUT2D eigenvalue weighted by Crippen LogP contribution is 2.44. The third-order valence-corrected chi connectivity index (χ3v) is 8.05. The van der Waals surface area contributed by atoms with Crippen molar-refractivity contribution in [3.63, 3.8) is 0 Å². The Morgan fingerprint density at radius 3 is 2.58 bits per heavy atom. The number of alkyl carbamates (subject to hydrolysis) is 1. The number of benzene rings is 1. The molecule has 2 heterocycles. The van der Waals surface area contributed by atoms with Gasteiger partial charge in [0.15, 0.2) is 0 Å². The summed E-state index contributed by atoms with van der Waals surface area (Å²) < 4.78 is 67.9. The molecular weight excluding hydrogens is 483 g/mol. The molecule has 3 rings (SSSR count). The van der Waals surface area contributed by atoms with Crippen LogP contribution in [0.5, 0.6) is 0 Å². The summed E-state index contributed by atoms with van der Waals surface area (Å²) in [5.74, 6) is -1.79. The summed E-state index contributed by atoms with van der Waals surface area (Å²) in [6.07, 6.45) is -7.01. The maximum Gasteiger partial charge on any atom is 0.423 e. The molecule has 2 aromatic rings. The van der Waals surface area contributed by atoms with E-state index in [4.69, 9.17) is 4.74 Å². The van der Waals surface area contributed by atoms with E-state index in [0.717, 1.165) is 11.5 Å². The first-order valence-electron chi connectivity index (χ1n) is 10.0. The number of halogens is 3. The van der Waals surface area contributed by atoms with Crippen molar-refractivity contribution in [1.29, 1.82) is 0 Å². The standard InChI is InChI=1S/C20H24F3N3O5S2/c1-18(2,3)31-17(28)24-13-8-10-33(30,26-16(13)27)11-9-19(29,20(21,22)23)15-12-6-4-5-7-14(12)32-25-15/h4-7,13,29H,8-11H2,1-3H3,(H,24,28). The van der Waals surface area contributed by atoms with Crippen molar-refractivity contribution in [2.75, 3.05) is 11.5 Å². The molecule has 1 aromatic carbocycles. The lowest BCUT2D eigenvalue weighted by Crippen LogP contribution is -2.47. The zero-order valence-corrected chi connectivity index (χ0v) is 19.8. The van der Waals surface area contributed by atoms with Gasteiger partial charge in [0.05, 0.1) is 14.4 Å². The van der Waals surface area contributed by atoms with Gasteiger partial charge in [-0.2, -0.15) is 21.9 Å². The van der Waals surface area contributed by atoms with Crippen molar-refractivity contribution in [1.82, 2.24) is 9.69 Å². The van der Waals surface area contributed by atoms with Crippen LogP contribution in [0.15, 0.2) is 28.6 Å². The quantitative estimate of drug-likeness (QED) is 0.637. The van der Waals surface area contributed by atoms with Crippen LogP contribution in [0, 0.1) is 0 Å². The minimum atomic E-state index is -5.10. The highest BCUT2D eigenvalue weighted by Gasteiger charge is 2.57. The highest BCUT2D eigenvalue weighted by atomic mass is 32.2. The number of amides is 2. The molecule has 2 amide bonds. The molecule has 3 unspecified atom stereocenters. The van der Waals surface area contributed by atoms with Gasteiger partial charge in [0.1, 0.15) is 17.3 Å². The Balaban J connectivity index is 1.80. The monoisotopic (exact) mass is 507 g/mol. The molecule has 0 spiro atoms. The molecule has 0 aliphatic carbocycles. The van der Waals surface area contributed by atoms with Crippen LogP contribution in [-0.4, -0.2) is 55.0 Å². The lowest BCUT2D eigenvalue weighted by molar-refractivity contribution is -0.268. The van der Waals surface area contributed by atoms with Crippen molar-refractivity contribution in [2.24, 2.45) is 4.36 Å². The number of carbonyl (C=O) groups excluding carboxylic acids is 2. The summed E-state index contributed by atoms with van der Waals surface area (Å²) in [6.45, 7) is 4.92. The van der Waals surface area contributed by atoms with E-state index in [1.54, 1.807) is 32.9 Å². The SMILES string of the molecule is CC(C)(C)OC(=O)NC1CCS(=O)(CCC(O)(c2nsc3ccccc23)C(F)(F)F)=NC1=O. The van der Waals surface area contributed by atoms with Gasteiger partial charge >= 0.3 is 12.3 Å². The number of fused-ring (bicyclic) bond motifs is 1. The van der Waals surface area contributed by atoms with E-state index >= 15 is 0 Å². The van der Waals surface area contributed by atoms with E-state index in [-0.39, 0.29) is 17.6 Å². The van der Waals surface area contributed by atoms with Crippen LogP contribution >= 0.6 is 11.5 Å². The fourth-order valence-electron chi connectivity index (χ4n) is 3.32. The maximum atomic E-state index is 14.0. The number of hydrogen-bond acceptors (Lipinski definition) is 7. The molecule has 2 N–H and O–H groups in total. The fraction of sp³-hybridized carbons (Fsp3) is 0.550. The van der Waals surface area contributed by atoms with Crippen molar-refractivity contribution in [3.05, 3.63) is 30.0 Å². The zero-order valence-electron chi connectivity index (χ0n) is 18.1. The number of nitrogens with one attached hydrogen (secondary N) is 1. The summed E-state index contributed by atoms with van der Waals surface area (Å²) in [4.78, 5) is 24.2. The Morgan fingerprint density at radius 2 is 1.97 bits per heavy atom. The molecule has 3 atom stereocenters. The number of carbonyl (C=O) groups is 2. The van der Waals surface area contributed by atoms with Gasteiger partial charge in [-0.25, -0.2) is 9.00 Å². The third-order valence-electron chi connectivity index (χ3n) is 4.99. The largest absolute Gasteiger partial charge is 0.444 e. The van der Waals surface area contributed by atoms with Crippen LogP contribution in [-0.2, 0) is 24.9 Å². The molecule has 0 bridgehead atoms. The smallest absolute Gasteiger partial charge is 0.423 e. The minimum Gasteiger partial charge on any atom is -0.444 e. The van der Waals surface area contributed by atoms with E-state index in [1.165, 1.54) is 12.1 Å². The normalized spacial score (nSPS) is 23.6. The zero-order chi connectivity index (χ0) is 24.7. The van der Waals surface area contributed by atoms with Gasteiger partial charge in [0.2, 0.25) is 5.60 Å². The molecule has 1 aliphatic heterocycles. The second-order valence-corrected chi connectivity index (χ2v) is 12.1. The molecule has 8 nitrogen and oxygen atoms in total. The molecule has 0 saturated carbocycles. The molecular formula is C20H24F3N3O5S2. The van der Waals surface area contributed by atoms with Gasteiger partial charge in [-0.05, 0) is 44.8 Å². The lowest BCUT2D eigenvalue weighted by atomic mass is 9.93. The molecule has 0 radical (unpaired) electrons. The number of alkyl halides is 3. The Bertz CT molecular complexity index is 1180. The first kappa shape index (κ1) is 25.4. The molecule has 33 heavy (non-hydrogen) atoms. The van der Waals surface area contributed by atoms with Gasteiger partial charge in [-0.15, -0.1) is 0 Å². The molecule has 1 aliphatic rings. The number of ether oxygens (including phenoxy) is 1. The fourth-order valence-corrected chi connectivity index (χ4v) is 6.22. The second-order valence-electron chi connectivity index (χ2n) is 8.73. The van der Waals surface area contributed by atoms with E-state index in [2.05, 4.69) is 14.1 Å². The number of aliphatic hydroxyl groups is 1. The summed E-state index contributed by atoms with van der Waals surface area (Å²) >= 11 is 0.817. The number of aromatic nitrogens is 1. The van der Waals surface area contributed by atoms with Crippen LogP contribution in [0.2, 0.25) is 0 Å². The summed E-state index contributed by atoms with van der Waals surface area (Å²) in [6, 6.07) is 5.09. The minimum absolute atomic E-state index is 0.0789. The Labute approximate surface area is 192 Å². The Morgan fingerprint density at radius 1 is 1.30 bits per heavy atom. The first-order valence-corrected chi connectivity index (χ1v) is 12.7. The topological polar surface area (TPSA) is 118 Å². The third kappa shape index (κ3) is 5.64. The van der Waals surface area contributed by atoms with E-state index in [9.17, 15) is 32.1 Å². The lowest BCUT2D eigenvalue weighted by Gasteiger charge is -2.30. The summed E-state index contributed by atoms with van der Waals surface area (Å²) in [5, 5.41) is 13.2. The van der Waals surface area contributed by atoms with Crippen molar-refractivity contribution < 1.29 is 36.8 Å². The van der Waals surface area contributed by atoms with Crippen LogP contribution in [0.1, 0.15) is 39.3 Å². The molecule has 13 heteroatoms. The number of hydrogen-bond donors (Lipinski definition) is 2. The Kier molecular flexibility index (Phi) is 6.80. The van der Waals surface area contributed by atoms with Crippen molar-refractivity contribution in [3.8, 4) is 0 Å². The van der Waals surface area contributed by atoms with E-state index in [1.807, 2.05) is 0 Å². The van der Waals surface area contributed by atoms with Gasteiger partial charge in [-0.3, -0.25) is 4.79 Å². The maximum absolute atomic E-state index is 14.0. The van der Waals surface area contributed by atoms with Crippen LogP contribution in [0.4, 0.5) is 18.0 Å². The van der Waals surface area contributed by atoms with E-state index in [0.29, 0.717) is 4.70 Å². The van der Waals surface area contributed by atoms with Gasteiger partial charge in [0.25, 0.3) is 5.91 Å². The molecule has 182 valence electrons. The Hall–Kier alpha value is -2.25. The average Bonchev–Trinajstić information content (AvgIpc) is 3.11. The van der Waals surface area contributed by atoms with Crippen LogP contribution in [0.3, 0.4) is 0 Å².